The first kappa shape index (κ1) is 28.2. The zero-order valence-corrected chi connectivity index (χ0v) is 24.4. The Kier molecular flexibility index (Phi) is 8.44. The normalized spacial score (nSPS) is 14.8. The lowest BCUT2D eigenvalue weighted by molar-refractivity contribution is -0.125. The molecule has 216 valence electrons. The van der Waals surface area contributed by atoms with Crippen molar-refractivity contribution in [2.75, 3.05) is 13.2 Å². The van der Waals surface area contributed by atoms with Gasteiger partial charge in [-0.2, -0.15) is 0 Å². The molecule has 3 heterocycles. The molecule has 0 radical (unpaired) electrons. The van der Waals surface area contributed by atoms with Crippen molar-refractivity contribution in [1.82, 2.24) is 15.3 Å². The number of aryl methyl sites for hydroxylation is 1. The smallest absolute Gasteiger partial charge is 0.253 e. The number of Topliss-reactive ketones (excluding diaryl/α,β-unsaturated/α-hetero) is 1. The lowest BCUT2D eigenvalue weighted by Gasteiger charge is -2.20. The molecule has 0 unspecified atom stereocenters. The Hall–Kier alpha value is -3.88. The van der Waals surface area contributed by atoms with Crippen LogP contribution in [0.25, 0.3) is 32.2 Å². The summed E-state index contributed by atoms with van der Waals surface area (Å²) in [5.41, 5.74) is 5.18. The van der Waals surface area contributed by atoms with E-state index in [1.54, 1.807) is 29.7 Å². The van der Waals surface area contributed by atoms with Gasteiger partial charge in [0.1, 0.15) is 11.6 Å². The van der Waals surface area contributed by atoms with E-state index >= 15 is 0 Å². The number of nitrogens with zero attached hydrogens (tertiary/aromatic N) is 1. The molecular weight excluding hydrogens is 549 g/mol. The highest BCUT2D eigenvalue weighted by Gasteiger charge is 2.21. The number of halogens is 1. The number of nitrogens with one attached hydrogen (secondary N) is 2. The molecule has 0 saturated carbocycles. The maximum atomic E-state index is 13.7. The second kappa shape index (κ2) is 12.5. The average Bonchev–Trinajstić information content (AvgIpc) is 3.62. The Labute approximate surface area is 248 Å². The standard InChI is InChI=1S/C34H34FN3O3S/c1-21(23-5-4-6-26(35)17-23)37-34(40)28-20-36-29-11-9-24(18-27(28)29)25-10-12-30-32(19-25)42-33(38-30)8-3-2-7-31(39)22-13-15-41-16-14-22/h4-6,9-12,17-22,36H,2-3,7-8,13-16H2,1H3,(H,37,40)/t21-/m0/s1. The molecule has 2 aromatic heterocycles. The van der Waals surface area contributed by atoms with Gasteiger partial charge in [0.05, 0.1) is 26.8 Å². The van der Waals surface area contributed by atoms with Crippen molar-refractivity contribution in [3.8, 4) is 11.1 Å². The van der Waals surface area contributed by atoms with Crippen LogP contribution in [0.5, 0.6) is 0 Å². The summed E-state index contributed by atoms with van der Waals surface area (Å²) in [5.74, 6) is 0.0212. The van der Waals surface area contributed by atoms with Crippen LogP contribution >= 0.6 is 11.3 Å². The number of aromatic amines is 1. The maximum absolute atomic E-state index is 13.7. The van der Waals surface area contributed by atoms with Crippen molar-refractivity contribution in [3.63, 3.8) is 0 Å². The van der Waals surface area contributed by atoms with Crippen LogP contribution in [-0.2, 0) is 16.0 Å². The topological polar surface area (TPSA) is 84.1 Å². The van der Waals surface area contributed by atoms with Gasteiger partial charge in [-0.3, -0.25) is 9.59 Å². The molecule has 0 spiro atoms. The Morgan fingerprint density at radius 3 is 2.71 bits per heavy atom. The lowest BCUT2D eigenvalue weighted by Crippen LogP contribution is -2.26. The Morgan fingerprint density at radius 2 is 1.88 bits per heavy atom. The summed E-state index contributed by atoms with van der Waals surface area (Å²) in [6.07, 6.45) is 6.81. The number of ketones is 1. The average molecular weight is 584 g/mol. The molecule has 3 aromatic carbocycles. The van der Waals surface area contributed by atoms with Crippen molar-refractivity contribution < 1.29 is 18.7 Å². The van der Waals surface area contributed by atoms with Crippen LogP contribution in [0, 0.1) is 11.7 Å². The van der Waals surface area contributed by atoms with E-state index in [1.165, 1.54) is 12.1 Å². The van der Waals surface area contributed by atoms with Gasteiger partial charge in [-0.15, -0.1) is 11.3 Å². The predicted molar refractivity (Wildman–Crippen MR) is 165 cm³/mol. The molecule has 42 heavy (non-hydrogen) atoms. The van der Waals surface area contributed by atoms with Gasteiger partial charge in [-0.1, -0.05) is 24.3 Å². The number of fused-ring (bicyclic) bond motifs is 2. The minimum atomic E-state index is -0.336. The largest absolute Gasteiger partial charge is 0.381 e. The number of carbonyl (C=O) groups is 2. The summed E-state index contributed by atoms with van der Waals surface area (Å²) in [5, 5.41) is 4.91. The number of ether oxygens (including phenoxy) is 1. The Morgan fingerprint density at radius 1 is 1.07 bits per heavy atom. The number of rotatable bonds is 10. The van der Waals surface area contributed by atoms with Crippen LogP contribution in [0.15, 0.2) is 66.9 Å². The molecule has 6 nitrogen and oxygen atoms in total. The third-order valence-corrected chi connectivity index (χ3v) is 9.21. The van der Waals surface area contributed by atoms with E-state index in [2.05, 4.69) is 34.6 Å². The summed E-state index contributed by atoms with van der Waals surface area (Å²) in [7, 11) is 0. The highest BCUT2D eigenvalue weighted by Crippen LogP contribution is 2.32. The molecule has 0 bridgehead atoms. The Balaban J connectivity index is 1.12. The first-order valence-electron chi connectivity index (χ1n) is 14.6. The number of H-pyrrole nitrogens is 1. The molecule has 8 heteroatoms. The fraction of sp³-hybridized carbons (Fsp3) is 0.324. The number of unbranched alkanes of at least 4 members (excludes halogenated alkanes) is 1. The van der Waals surface area contributed by atoms with Crippen molar-refractivity contribution in [3.05, 3.63) is 88.8 Å². The van der Waals surface area contributed by atoms with E-state index in [-0.39, 0.29) is 23.7 Å². The number of benzene rings is 3. The Bertz CT molecular complexity index is 1740. The maximum Gasteiger partial charge on any atom is 0.253 e. The highest BCUT2D eigenvalue weighted by atomic mass is 32.1. The molecular formula is C34H34FN3O3S. The molecule has 1 aliphatic heterocycles. The van der Waals surface area contributed by atoms with Crippen LogP contribution in [-0.4, -0.2) is 34.9 Å². The van der Waals surface area contributed by atoms with Crippen LogP contribution < -0.4 is 5.32 Å². The van der Waals surface area contributed by atoms with E-state index < -0.39 is 0 Å². The first-order valence-corrected chi connectivity index (χ1v) is 15.4. The summed E-state index contributed by atoms with van der Waals surface area (Å²) in [4.78, 5) is 33.7. The van der Waals surface area contributed by atoms with Crippen molar-refractivity contribution in [1.29, 1.82) is 0 Å². The second-order valence-electron chi connectivity index (χ2n) is 11.1. The molecule has 1 fully saturated rings. The number of hydrogen-bond donors (Lipinski definition) is 2. The quantitative estimate of drug-likeness (QED) is 0.164. The number of aromatic nitrogens is 2. The molecule has 1 atom stereocenters. The van der Waals surface area contributed by atoms with Crippen molar-refractivity contribution in [2.24, 2.45) is 5.92 Å². The van der Waals surface area contributed by atoms with Gasteiger partial charge in [0, 0.05) is 42.7 Å². The van der Waals surface area contributed by atoms with E-state index in [9.17, 15) is 14.0 Å². The van der Waals surface area contributed by atoms with Gasteiger partial charge in [0.25, 0.3) is 5.91 Å². The second-order valence-corrected chi connectivity index (χ2v) is 12.2. The van der Waals surface area contributed by atoms with Crippen molar-refractivity contribution >= 4 is 44.1 Å². The third-order valence-electron chi connectivity index (χ3n) is 8.13. The number of carbonyl (C=O) groups excluding carboxylic acids is 2. The number of hydrogen-bond acceptors (Lipinski definition) is 5. The summed E-state index contributed by atoms with van der Waals surface area (Å²) >= 11 is 1.70. The van der Waals surface area contributed by atoms with E-state index in [0.29, 0.717) is 36.5 Å². The molecule has 1 amide bonds. The van der Waals surface area contributed by atoms with Crippen LogP contribution in [0.2, 0.25) is 0 Å². The molecule has 6 rings (SSSR count). The highest BCUT2D eigenvalue weighted by molar-refractivity contribution is 7.18. The van der Waals surface area contributed by atoms with E-state index in [4.69, 9.17) is 9.72 Å². The van der Waals surface area contributed by atoms with Crippen LogP contribution in [0.4, 0.5) is 4.39 Å². The van der Waals surface area contributed by atoms with Crippen LogP contribution in [0.3, 0.4) is 0 Å². The molecule has 5 aromatic rings. The van der Waals surface area contributed by atoms with Crippen LogP contribution in [0.1, 0.15) is 66.0 Å². The van der Waals surface area contributed by atoms with Gasteiger partial charge in [0.2, 0.25) is 0 Å². The monoisotopic (exact) mass is 583 g/mol. The minimum Gasteiger partial charge on any atom is -0.381 e. The van der Waals surface area contributed by atoms with Crippen molar-refractivity contribution in [2.45, 2.75) is 51.5 Å². The number of amides is 1. The number of thiazole rings is 1. The predicted octanol–water partition coefficient (Wildman–Crippen LogP) is 7.78. The third kappa shape index (κ3) is 6.30. The summed E-state index contributed by atoms with van der Waals surface area (Å²) in [6.45, 7) is 3.26. The summed E-state index contributed by atoms with van der Waals surface area (Å²) < 4.78 is 20.2. The van der Waals surface area contributed by atoms with Gasteiger partial charge >= 0.3 is 0 Å². The summed E-state index contributed by atoms with van der Waals surface area (Å²) in [6, 6.07) is 18.3. The zero-order chi connectivity index (χ0) is 29.1. The van der Waals surface area contributed by atoms with E-state index in [1.807, 2.05) is 19.1 Å². The molecule has 1 aliphatic rings. The van der Waals surface area contributed by atoms with Gasteiger partial charge in [0.15, 0.2) is 0 Å². The first-order chi connectivity index (χ1) is 20.4. The minimum absolute atomic E-state index is 0.180. The SMILES string of the molecule is C[C@H](NC(=O)c1c[nH]c2ccc(-c3ccc4nc(CCCCC(=O)C5CCOCC5)sc4c3)cc12)c1cccc(F)c1. The lowest BCUT2D eigenvalue weighted by atomic mass is 9.92. The van der Waals surface area contributed by atoms with E-state index in [0.717, 1.165) is 69.4 Å². The fourth-order valence-corrected chi connectivity index (χ4v) is 6.73. The van der Waals surface area contributed by atoms with Gasteiger partial charge < -0.3 is 15.0 Å². The van der Waals surface area contributed by atoms with Gasteiger partial charge in [-0.25, -0.2) is 9.37 Å². The molecule has 2 N–H and O–H groups in total. The van der Waals surface area contributed by atoms with Gasteiger partial charge in [-0.05, 0) is 92.1 Å². The molecule has 0 aliphatic carbocycles. The fourth-order valence-electron chi connectivity index (χ4n) is 5.68. The zero-order valence-electron chi connectivity index (χ0n) is 23.6. The molecule has 1 saturated heterocycles.